The lowest BCUT2D eigenvalue weighted by Crippen LogP contribution is -2.54. The van der Waals surface area contributed by atoms with Crippen molar-refractivity contribution < 1.29 is 18.8 Å². The van der Waals surface area contributed by atoms with E-state index in [0.29, 0.717) is 37.3 Å². The normalized spacial score (nSPS) is 18.1. The van der Waals surface area contributed by atoms with E-state index >= 15 is 0 Å². The summed E-state index contributed by atoms with van der Waals surface area (Å²) in [5.74, 6) is -0.0473. The quantitative estimate of drug-likeness (QED) is 0.802. The highest BCUT2D eigenvalue weighted by Crippen LogP contribution is 2.25. The number of aryl methyl sites for hydroxylation is 1. The third-order valence-corrected chi connectivity index (χ3v) is 6.31. The molecule has 2 fully saturated rings. The second-order valence-corrected chi connectivity index (χ2v) is 8.46. The molecule has 7 heteroatoms. The predicted octanol–water partition coefficient (Wildman–Crippen LogP) is 2.86. The molecule has 1 atom stereocenters. The van der Waals surface area contributed by atoms with Gasteiger partial charge < -0.3 is 19.5 Å². The van der Waals surface area contributed by atoms with Crippen LogP contribution >= 0.6 is 0 Å². The van der Waals surface area contributed by atoms with Crippen molar-refractivity contribution in [3.63, 3.8) is 0 Å². The van der Waals surface area contributed by atoms with Crippen LogP contribution in [-0.2, 0) is 4.79 Å². The first-order valence-corrected chi connectivity index (χ1v) is 11.0. The fraction of sp³-hybridized carbons (Fsp3) is 0.458. The molecule has 0 radical (unpaired) electrons. The molecule has 164 valence electrons. The van der Waals surface area contributed by atoms with Gasteiger partial charge in [-0.1, -0.05) is 17.7 Å². The number of rotatable bonds is 5. The fourth-order valence-electron chi connectivity index (χ4n) is 4.44. The Morgan fingerprint density at radius 1 is 0.968 bits per heavy atom. The summed E-state index contributed by atoms with van der Waals surface area (Å²) in [5.41, 5.74) is 1.63. The minimum absolute atomic E-state index is 0.00577. The molecule has 1 unspecified atom stereocenters. The maximum atomic E-state index is 13.3. The average molecular weight is 424 g/mol. The number of nitrogens with one attached hydrogen (secondary N) is 1. The first-order valence-electron chi connectivity index (χ1n) is 11.0. The van der Waals surface area contributed by atoms with Crippen molar-refractivity contribution in [3.8, 4) is 0 Å². The smallest absolute Gasteiger partial charge is 0.289 e. The highest BCUT2D eigenvalue weighted by atomic mass is 16.3. The van der Waals surface area contributed by atoms with Crippen molar-refractivity contribution >= 4 is 17.7 Å². The molecule has 0 aliphatic carbocycles. The zero-order valence-electron chi connectivity index (χ0n) is 17.9. The van der Waals surface area contributed by atoms with Crippen LogP contribution in [-0.4, -0.2) is 59.7 Å². The van der Waals surface area contributed by atoms with Gasteiger partial charge in [-0.2, -0.15) is 0 Å². The Balaban J connectivity index is 1.45. The Morgan fingerprint density at radius 2 is 1.65 bits per heavy atom. The molecule has 2 aliphatic rings. The summed E-state index contributed by atoms with van der Waals surface area (Å²) >= 11 is 0. The molecule has 2 aliphatic heterocycles. The molecule has 3 heterocycles. The van der Waals surface area contributed by atoms with E-state index < -0.39 is 6.04 Å². The van der Waals surface area contributed by atoms with E-state index in [-0.39, 0.29) is 23.6 Å². The van der Waals surface area contributed by atoms with Crippen LogP contribution in [0.5, 0.6) is 0 Å². The second-order valence-electron chi connectivity index (χ2n) is 8.46. The standard InChI is InChI=1S/C24H29N3O4/c1-17-6-8-19(9-7-17)22(28)25-21(24(30)26-12-2-3-13-26)18-10-14-27(15-11-18)23(29)20-5-4-16-31-20/h4-9,16,18,21H,2-3,10-15H2,1H3,(H,25,28). The van der Waals surface area contributed by atoms with Crippen LogP contribution < -0.4 is 5.32 Å². The third kappa shape index (κ3) is 4.81. The SMILES string of the molecule is Cc1ccc(C(=O)NC(C(=O)N2CCCC2)C2CCN(C(=O)c3ccco3)CC2)cc1. The van der Waals surface area contributed by atoms with E-state index in [1.54, 1.807) is 29.2 Å². The van der Waals surface area contributed by atoms with Crippen LogP contribution in [0.4, 0.5) is 0 Å². The van der Waals surface area contributed by atoms with Crippen molar-refractivity contribution in [1.29, 1.82) is 0 Å². The van der Waals surface area contributed by atoms with Crippen LogP contribution in [0.3, 0.4) is 0 Å². The van der Waals surface area contributed by atoms with Gasteiger partial charge in [0.2, 0.25) is 5.91 Å². The van der Waals surface area contributed by atoms with Crippen molar-refractivity contribution in [2.24, 2.45) is 5.92 Å². The lowest BCUT2D eigenvalue weighted by atomic mass is 9.88. The molecule has 0 bridgehead atoms. The van der Waals surface area contributed by atoms with E-state index in [9.17, 15) is 14.4 Å². The van der Waals surface area contributed by atoms with E-state index in [1.165, 1.54) is 6.26 Å². The van der Waals surface area contributed by atoms with Crippen LogP contribution in [0.1, 0.15) is 52.2 Å². The summed E-state index contributed by atoms with van der Waals surface area (Å²) in [6.45, 7) is 4.53. The van der Waals surface area contributed by atoms with Gasteiger partial charge in [-0.25, -0.2) is 0 Å². The number of carbonyl (C=O) groups is 3. The molecule has 31 heavy (non-hydrogen) atoms. The number of likely N-dealkylation sites (tertiary alicyclic amines) is 2. The summed E-state index contributed by atoms with van der Waals surface area (Å²) in [4.78, 5) is 42.4. The summed E-state index contributed by atoms with van der Waals surface area (Å²) in [6, 6.07) is 10.1. The number of carbonyl (C=O) groups excluding carboxylic acids is 3. The van der Waals surface area contributed by atoms with Crippen LogP contribution in [0, 0.1) is 12.8 Å². The molecule has 4 rings (SSSR count). The summed E-state index contributed by atoms with van der Waals surface area (Å²) in [6.07, 6.45) is 4.81. The molecule has 7 nitrogen and oxygen atoms in total. The van der Waals surface area contributed by atoms with Gasteiger partial charge in [0.15, 0.2) is 5.76 Å². The van der Waals surface area contributed by atoms with Crippen molar-refractivity contribution in [2.75, 3.05) is 26.2 Å². The molecule has 1 aromatic heterocycles. The molecular formula is C24H29N3O4. The van der Waals surface area contributed by atoms with Crippen LogP contribution in [0.25, 0.3) is 0 Å². The Bertz CT molecular complexity index is 909. The molecule has 1 aromatic carbocycles. The number of benzene rings is 1. The van der Waals surface area contributed by atoms with Gasteiger partial charge >= 0.3 is 0 Å². The Morgan fingerprint density at radius 3 is 2.26 bits per heavy atom. The maximum absolute atomic E-state index is 13.3. The maximum Gasteiger partial charge on any atom is 0.289 e. The predicted molar refractivity (Wildman–Crippen MR) is 116 cm³/mol. The van der Waals surface area contributed by atoms with E-state index in [2.05, 4.69) is 5.32 Å². The van der Waals surface area contributed by atoms with Gasteiger partial charge in [0.1, 0.15) is 6.04 Å². The number of nitrogens with zero attached hydrogens (tertiary/aromatic N) is 2. The highest BCUT2D eigenvalue weighted by molar-refractivity contribution is 5.97. The monoisotopic (exact) mass is 423 g/mol. The van der Waals surface area contributed by atoms with E-state index in [4.69, 9.17) is 4.42 Å². The van der Waals surface area contributed by atoms with Gasteiger partial charge in [0.05, 0.1) is 6.26 Å². The highest BCUT2D eigenvalue weighted by Gasteiger charge is 2.37. The zero-order valence-corrected chi connectivity index (χ0v) is 17.9. The Hall–Kier alpha value is -3.09. The minimum Gasteiger partial charge on any atom is -0.459 e. The molecular weight excluding hydrogens is 394 g/mol. The van der Waals surface area contributed by atoms with Gasteiger partial charge in [-0.3, -0.25) is 14.4 Å². The molecule has 1 N–H and O–H groups in total. The van der Waals surface area contributed by atoms with E-state index in [1.807, 2.05) is 24.0 Å². The number of piperidine rings is 1. The van der Waals surface area contributed by atoms with Gasteiger partial charge in [0.25, 0.3) is 11.8 Å². The molecule has 2 aromatic rings. The lowest BCUT2D eigenvalue weighted by Gasteiger charge is -2.36. The number of hydrogen-bond donors (Lipinski definition) is 1. The topological polar surface area (TPSA) is 82.9 Å². The second kappa shape index (κ2) is 9.37. The van der Waals surface area contributed by atoms with Crippen molar-refractivity contribution in [3.05, 3.63) is 59.5 Å². The first-order chi connectivity index (χ1) is 15.0. The lowest BCUT2D eigenvalue weighted by molar-refractivity contribution is -0.134. The molecule has 2 saturated heterocycles. The molecule has 0 saturated carbocycles. The first kappa shape index (κ1) is 21.2. The van der Waals surface area contributed by atoms with E-state index in [0.717, 1.165) is 31.5 Å². The zero-order chi connectivity index (χ0) is 21.8. The van der Waals surface area contributed by atoms with Crippen LogP contribution in [0.2, 0.25) is 0 Å². The molecule has 3 amide bonds. The van der Waals surface area contributed by atoms with Gasteiger partial charge in [0, 0.05) is 31.7 Å². The number of hydrogen-bond acceptors (Lipinski definition) is 4. The fourth-order valence-corrected chi connectivity index (χ4v) is 4.44. The summed E-state index contributed by atoms with van der Waals surface area (Å²) in [7, 11) is 0. The Labute approximate surface area is 182 Å². The minimum atomic E-state index is -0.576. The number of amides is 3. The largest absolute Gasteiger partial charge is 0.459 e. The summed E-state index contributed by atoms with van der Waals surface area (Å²) < 4.78 is 5.23. The van der Waals surface area contributed by atoms with Crippen molar-refractivity contribution in [2.45, 2.75) is 38.6 Å². The Kier molecular flexibility index (Phi) is 6.39. The summed E-state index contributed by atoms with van der Waals surface area (Å²) in [5, 5.41) is 3.02. The van der Waals surface area contributed by atoms with Crippen molar-refractivity contribution in [1.82, 2.24) is 15.1 Å². The molecule has 0 spiro atoms. The van der Waals surface area contributed by atoms with Gasteiger partial charge in [-0.05, 0) is 62.8 Å². The van der Waals surface area contributed by atoms with Gasteiger partial charge in [-0.15, -0.1) is 0 Å². The van der Waals surface area contributed by atoms with Crippen LogP contribution in [0.15, 0.2) is 47.1 Å². The number of furan rings is 1. The average Bonchev–Trinajstić information content (AvgIpc) is 3.52. The third-order valence-electron chi connectivity index (χ3n) is 6.31.